The van der Waals surface area contributed by atoms with Crippen molar-refractivity contribution in [3.8, 4) is 0 Å². The van der Waals surface area contributed by atoms with Gasteiger partial charge in [0, 0.05) is 17.7 Å². The predicted molar refractivity (Wildman–Crippen MR) is 128 cm³/mol. The first kappa shape index (κ1) is 21.5. The van der Waals surface area contributed by atoms with E-state index in [1.807, 2.05) is 55.5 Å². The van der Waals surface area contributed by atoms with Crippen molar-refractivity contribution >= 4 is 40.4 Å². The van der Waals surface area contributed by atoms with E-state index in [4.69, 9.17) is 0 Å². The maximum absolute atomic E-state index is 13.3. The van der Waals surface area contributed by atoms with Gasteiger partial charge < -0.3 is 0 Å². The monoisotopic (exact) mass is 444 g/mol. The minimum Gasteiger partial charge on any atom is -0.273 e. The zero-order valence-corrected chi connectivity index (χ0v) is 18.1. The van der Waals surface area contributed by atoms with Crippen LogP contribution in [0.25, 0.3) is 0 Å². The van der Waals surface area contributed by atoms with E-state index >= 15 is 0 Å². The van der Waals surface area contributed by atoms with Crippen molar-refractivity contribution in [2.24, 2.45) is 10.2 Å². The lowest BCUT2D eigenvalue weighted by Gasteiger charge is -2.15. The standard InChI is InChI=1S/C24H20N4O3S/c1-17-7-5-8-18(13-17)15-22-23(29)27(20-10-3-2-4-11-20)24(32-22)26-25-16-19-9-6-12-21(14-19)28(30)31/h2-14,16,22H,15H2,1H3/b25-16+,26-24+. The Hall–Kier alpha value is -3.78. The third-order valence-corrected chi connectivity index (χ3v) is 6.01. The summed E-state index contributed by atoms with van der Waals surface area (Å²) < 4.78 is 0. The molecule has 3 aromatic carbocycles. The third-order valence-electron chi connectivity index (χ3n) is 4.88. The summed E-state index contributed by atoms with van der Waals surface area (Å²) >= 11 is 1.37. The highest BCUT2D eigenvalue weighted by Crippen LogP contribution is 2.34. The van der Waals surface area contributed by atoms with E-state index in [0.29, 0.717) is 17.2 Å². The summed E-state index contributed by atoms with van der Waals surface area (Å²) in [5.74, 6) is -0.0491. The number of nitro benzene ring substituents is 1. The number of benzene rings is 3. The van der Waals surface area contributed by atoms with Crippen LogP contribution in [0.2, 0.25) is 0 Å². The SMILES string of the molecule is Cc1cccc(CC2S/C(=N/N=C/c3cccc([N+](=O)[O-])c3)N(c3ccccc3)C2=O)c1. The summed E-state index contributed by atoms with van der Waals surface area (Å²) in [6.07, 6.45) is 2.03. The molecule has 0 aliphatic carbocycles. The second-order valence-electron chi connectivity index (χ2n) is 7.29. The van der Waals surface area contributed by atoms with E-state index in [1.165, 1.54) is 30.1 Å². The van der Waals surface area contributed by atoms with Crippen LogP contribution in [0, 0.1) is 17.0 Å². The molecule has 0 spiro atoms. The fourth-order valence-corrected chi connectivity index (χ4v) is 4.53. The molecular weight excluding hydrogens is 424 g/mol. The molecule has 1 aliphatic heterocycles. The van der Waals surface area contributed by atoms with E-state index in [2.05, 4.69) is 16.3 Å². The fraction of sp³-hybridized carbons (Fsp3) is 0.125. The molecule has 0 aromatic heterocycles. The van der Waals surface area contributed by atoms with E-state index in [9.17, 15) is 14.9 Å². The van der Waals surface area contributed by atoms with Crippen molar-refractivity contribution in [1.29, 1.82) is 0 Å². The normalized spacial score (nSPS) is 17.4. The average Bonchev–Trinajstić information content (AvgIpc) is 3.09. The first-order valence-corrected chi connectivity index (χ1v) is 10.9. The molecule has 1 atom stereocenters. The molecule has 8 heteroatoms. The van der Waals surface area contributed by atoms with Crippen LogP contribution in [0.1, 0.15) is 16.7 Å². The van der Waals surface area contributed by atoms with Crippen molar-refractivity contribution in [2.75, 3.05) is 4.90 Å². The molecule has 7 nitrogen and oxygen atoms in total. The molecule has 1 saturated heterocycles. The number of nitrogens with zero attached hydrogens (tertiary/aromatic N) is 4. The Bertz CT molecular complexity index is 1210. The van der Waals surface area contributed by atoms with Crippen LogP contribution in [0.4, 0.5) is 11.4 Å². The Labute approximate surface area is 189 Å². The lowest BCUT2D eigenvalue weighted by Crippen LogP contribution is -2.32. The molecule has 160 valence electrons. The van der Waals surface area contributed by atoms with E-state index in [0.717, 1.165) is 16.8 Å². The van der Waals surface area contributed by atoms with Gasteiger partial charge in [0.15, 0.2) is 5.17 Å². The number of anilines is 1. The highest BCUT2D eigenvalue weighted by molar-refractivity contribution is 8.16. The number of hydrogen-bond acceptors (Lipinski definition) is 6. The molecule has 0 bridgehead atoms. The molecular formula is C24H20N4O3S. The highest BCUT2D eigenvalue weighted by Gasteiger charge is 2.39. The van der Waals surface area contributed by atoms with Crippen LogP contribution >= 0.6 is 11.8 Å². The average molecular weight is 445 g/mol. The van der Waals surface area contributed by atoms with Crippen LogP contribution in [-0.4, -0.2) is 27.5 Å². The number of amidine groups is 1. The minimum atomic E-state index is -0.457. The Morgan fingerprint density at radius 3 is 2.59 bits per heavy atom. The van der Waals surface area contributed by atoms with Gasteiger partial charge in [-0.15, -0.1) is 5.10 Å². The number of aryl methyl sites for hydroxylation is 1. The van der Waals surface area contributed by atoms with E-state index in [1.54, 1.807) is 17.0 Å². The molecule has 3 aromatic rings. The number of rotatable bonds is 6. The van der Waals surface area contributed by atoms with Gasteiger partial charge in [0.25, 0.3) is 5.69 Å². The Morgan fingerprint density at radius 2 is 1.84 bits per heavy atom. The van der Waals surface area contributed by atoms with Crippen molar-refractivity contribution in [3.05, 3.63) is 106 Å². The molecule has 1 amide bonds. The second-order valence-corrected chi connectivity index (χ2v) is 8.46. The highest BCUT2D eigenvalue weighted by atomic mass is 32.2. The number of carbonyl (C=O) groups is 1. The first-order chi connectivity index (χ1) is 15.5. The topological polar surface area (TPSA) is 88.2 Å². The molecule has 0 N–H and O–H groups in total. The van der Waals surface area contributed by atoms with Crippen LogP contribution < -0.4 is 4.90 Å². The molecule has 1 aliphatic rings. The van der Waals surface area contributed by atoms with Crippen molar-refractivity contribution in [2.45, 2.75) is 18.6 Å². The lowest BCUT2D eigenvalue weighted by molar-refractivity contribution is -0.384. The van der Waals surface area contributed by atoms with Crippen LogP contribution in [0.15, 0.2) is 89.1 Å². The maximum atomic E-state index is 13.3. The Kier molecular flexibility index (Phi) is 6.42. The number of amides is 1. The molecule has 1 fully saturated rings. The van der Waals surface area contributed by atoms with Gasteiger partial charge in [0.1, 0.15) is 0 Å². The number of carbonyl (C=O) groups excluding carboxylic acids is 1. The van der Waals surface area contributed by atoms with E-state index < -0.39 is 4.92 Å². The number of hydrogen-bond donors (Lipinski definition) is 0. The molecule has 4 rings (SSSR count). The van der Waals surface area contributed by atoms with Crippen LogP contribution in [0.5, 0.6) is 0 Å². The van der Waals surface area contributed by atoms with Crippen LogP contribution in [0.3, 0.4) is 0 Å². The first-order valence-electron chi connectivity index (χ1n) is 9.98. The van der Waals surface area contributed by atoms with Gasteiger partial charge in [-0.2, -0.15) is 5.10 Å². The van der Waals surface area contributed by atoms with E-state index in [-0.39, 0.29) is 16.8 Å². The summed E-state index contributed by atoms with van der Waals surface area (Å²) in [6, 6.07) is 23.6. The predicted octanol–water partition coefficient (Wildman–Crippen LogP) is 4.98. The Morgan fingerprint density at radius 1 is 1.06 bits per heavy atom. The van der Waals surface area contributed by atoms with Gasteiger partial charge in [0.2, 0.25) is 5.91 Å². The number of para-hydroxylation sites is 1. The van der Waals surface area contributed by atoms with Crippen molar-refractivity contribution in [3.63, 3.8) is 0 Å². The zero-order chi connectivity index (χ0) is 22.5. The minimum absolute atomic E-state index is 0.0175. The smallest absolute Gasteiger partial charge is 0.270 e. The maximum Gasteiger partial charge on any atom is 0.270 e. The zero-order valence-electron chi connectivity index (χ0n) is 17.3. The molecule has 32 heavy (non-hydrogen) atoms. The quantitative estimate of drug-likeness (QED) is 0.305. The fourth-order valence-electron chi connectivity index (χ4n) is 3.40. The van der Waals surface area contributed by atoms with Crippen molar-refractivity contribution in [1.82, 2.24) is 0 Å². The number of non-ortho nitro benzene ring substituents is 1. The molecule has 0 radical (unpaired) electrons. The lowest BCUT2D eigenvalue weighted by atomic mass is 10.1. The molecule has 1 unspecified atom stereocenters. The number of nitro groups is 1. The van der Waals surface area contributed by atoms with Gasteiger partial charge in [-0.3, -0.25) is 19.8 Å². The summed E-state index contributed by atoms with van der Waals surface area (Å²) in [4.78, 5) is 25.3. The molecule has 1 heterocycles. The summed E-state index contributed by atoms with van der Waals surface area (Å²) in [7, 11) is 0. The van der Waals surface area contributed by atoms with Gasteiger partial charge in [-0.25, -0.2) is 0 Å². The number of thioether (sulfide) groups is 1. The summed E-state index contributed by atoms with van der Waals surface area (Å²) in [5.41, 5.74) is 3.50. The van der Waals surface area contributed by atoms with Gasteiger partial charge in [0.05, 0.1) is 22.1 Å². The second kappa shape index (κ2) is 9.57. The van der Waals surface area contributed by atoms with Gasteiger partial charge in [-0.1, -0.05) is 71.9 Å². The van der Waals surface area contributed by atoms with Crippen molar-refractivity contribution < 1.29 is 9.72 Å². The van der Waals surface area contributed by atoms with Gasteiger partial charge >= 0.3 is 0 Å². The Balaban J connectivity index is 1.61. The largest absolute Gasteiger partial charge is 0.273 e. The van der Waals surface area contributed by atoms with Crippen LogP contribution in [-0.2, 0) is 11.2 Å². The summed E-state index contributed by atoms with van der Waals surface area (Å²) in [5, 5.41) is 19.5. The summed E-state index contributed by atoms with van der Waals surface area (Å²) in [6.45, 7) is 2.03. The third kappa shape index (κ3) is 4.92. The van der Waals surface area contributed by atoms with Gasteiger partial charge in [-0.05, 0) is 31.0 Å². The molecule has 0 saturated carbocycles.